The molecular formula is C46H54N4O. The molecular weight excluding hydrogens is 625 g/mol. The lowest BCUT2D eigenvalue weighted by molar-refractivity contribution is 0.347. The molecule has 3 aromatic heterocycles. The molecule has 7 rings (SSSR count). The van der Waals surface area contributed by atoms with Gasteiger partial charge in [-0.25, -0.2) is 9.67 Å². The predicted molar refractivity (Wildman–Crippen MR) is 213 cm³/mol. The number of aromatic nitrogens is 4. The smallest absolute Gasteiger partial charge is 0.137 e. The van der Waals surface area contributed by atoms with Gasteiger partial charge < -0.3 is 4.74 Å². The second-order valence-corrected chi connectivity index (χ2v) is 15.1. The number of aryl methyl sites for hydroxylation is 2. The summed E-state index contributed by atoms with van der Waals surface area (Å²) < 4.78 is 11.2. The molecule has 1 unspecified atom stereocenters. The summed E-state index contributed by atoms with van der Waals surface area (Å²) in [6, 6.07) is 26.1. The SMILES string of the molecule is CCCCc1ccnc(-n2c3ccccc3c3ccc(Oc4cc(C(C)C)cc(-n5nc(C)c(C6C(CC)=C[C@H](C)C[C@@H]6CC)c5C)c4)cc32)c1. The van der Waals surface area contributed by atoms with E-state index in [2.05, 4.69) is 144 Å². The van der Waals surface area contributed by atoms with Crippen molar-refractivity contribution in [1.82, 2.24) is 19.3 Å². The van der Waals surface area contributed by atoms with Gasteiger partial charge in [0, 0.05) is 46.3 Å². The van der Waals surface area contributed by atoms with Gasteiger partial charge in [0.1, 0.15) is 17.3 Å². The highest BCUT2D eigenvalue weighted by Crippen LogP contribution is 2.46. The lowest BCUT2D eigenvalue weighted by Crippen LogP contribution is -2.23. The Morgan fingerprint density at radius 1 is 0.882 bits per heavy atom. The van der Waals surface area contributed by atoms with Gasteiger partial charge in [-0.3, -0.25) is 4.57 Å². The van der Waals surface area contributed by atoms with Crippen molar-refractivity contribution in [2.24, 2.45) is 11.8 Å². The number of nitrogens with zero attached hydrogens (tertiary/aromatic N) is 4. The van der Waals surface area contributed by atoms with Crippen LogP contribution in [0.4, 0.5) is 0 Å². The summed E-state index contributed by atoms with van der Waals surface area (Å²) in [5.74, 6) is 4.58. The first-order chi connectivity index (χ1) is 24.7. The van der Waals surface area contributed by atoms with Crippen LogP contribution in [0, 0.1) is 25.7 Å². The minimum absolute atomic E-state index is 0.332. The van der Waals surface area contributed by atoms with E-state index < -0.39 is 0 Å². The van der Waals surface area contributed by atoms with E-state index in [0.29, 0.717) is 23.7 Å². The minimum Gasteiger partial charge on any atom is -0.457 e. The van der Waals surface area contributed by atoms with Crippen molar-refractivity contribution in [3.05, 3.63) is 119 Å². The maximum absolute atomic E-state index is 6.79. The topological polar surface area (TPSA) is 44.9 Å². The summed E-state index contributed by atoms with van der Waals surface area (Å²) in [7, 11) is 0. The van der Waals surface area contributed by atoms with Gasteiger partial charge >= 0.3 is 0 Å². The van der Waals surface area contributed by atoms with Crippen LogP contribution in [-0.4, -0.2) is 19.3 Å². The Hall–Kier alpha value is -4.64. The zero-order chi connectivity index (χ0) is 35.8. The third kappa shape index (κ3) is 6.64. The van der Waals surface area contributed by atoms with Crippen LogP contribution in [-0.2, 0) is 6.42 Å². The van der Waals surface area contributed by atoms with Crippen molar-refractivity contribution >= 4 is 21.8 Å². The average molecular weight is 679 g/mol. The number of pyridine rings is 1. The second-order valence-electron chi connectivity index (χ2n) is 15.1. The molecule has 0 radical (unpaired) electrons. The number of hydrogen-bond acceptors (Lipinski definition) is 3. The first-order valence-corrected chi connectivity index (χ1v) is 19.3. The Morgan fingerprint density at radius 2 is 1.69 bits per heavy atom. The van der Waals surface area contributed by atoms with Crippen molar-refractivity contribution < 1.29 is 4.74 Å². The van der Waals surface area contributed by atoms with Crippen LogP contribution < -0.4 is 4.74 Å². The maximum Gasteiger partial charge on any atom is 0.137 e. The zero-order valence-electron chi connectivity index (χ0n) is 31.8. The second kappa shape index (κ2) is 14.5. The number of rotatable bonds is 11. The molecule has 51 heavy (non-hydrogen) atoms. The standard InChI is InChI=1S/C46H54N4O/c1-9-12-15-33-20-21-47-44(24-33)49-42-17-14-13-16-40(42)41-19-18-38(28-43(41)49)51-39-26-36(29(4)5)25-37(27-39)50-32(8)45(31(7)48-50)46-34(10-2)22-30(6)23-35(46)11-3/h13-14,16-22,24-30,35,46H,9-12,15,23H2,1-8H3/t30-,35-,46?/m0/s1. The molecule has 264 valence electrons. The number of allylic oxidation sites excluding steroid dienone is 2. The molecule has 0 amide bonds. The van der Waals surface area contributed by atoms with E-state index >= 15 is 0 Å². The number of hydrogen-bond donors (Lipinski definition) is 0. The average Bonchev–Trinajstić information content (AvgIpc) is 3.62. The zero-order valence-corrected chi connectivity index (χ0v) is 31.8. The Kier molecular flexibility index (Phi) is 9.92. The highest BCUT2D eigenvalue weighted by molar-refractivity contribution is 6.09. The van der Waals surface area contributed by atoms with Crippen molar-refractivity contribution in [3.8, 4) is 23.0 Å². The maximum atomic E-state index is 6.79. The van der Waals surface area contributed by atoms with Crippen molar-refractivity contribution in [2.45, 2.75) is 106 Å². The molecule has 0 aliphatic heterocycles. The van der Waals surface area contributed by atoms with Crippen LogP contribution in [0.15, 0.2) is 90.6 Å². The quantitative estimate of drug-likeness (QED) is 0.128. The van der Waals surface area contributed by atoms with Crippen LogP contribution in [0.3, 0.4) is 0 Å². The Bertz CT molecular complexity index is 2220. The molecule has 0 spiro atoms. The van der Waals surface area contributed by atoms with E-state index in [1.165, 1.54) is 58.8 Å². The number of ether oxygens (including phenoxy) is 1. The van der Waals surface area contributed by atoms with Crippen LogP contribution in [0.5, 0.6) is 11.5 Å². The molecule has 6 aromatic rings. The van der Waals surface area contributed by atoms with Crippen molar-refractivity contribution in [1.29, 1.82) is 0 Å². The van der Waals surface area contributed by atoms with Gasteiger partial charge in [0.2, 0.25) is 0 Å². The monoisotopic (exact) mass is 678 g/mol. The summed E-state index contributed by atoms with van der Waals surface area (Å²) in [4.78, 5) is 4.86. The van der Waals surface area contributed by atoms with E-state index in [4.69, 9.17) is 14.8 Å². The fourth-order valence-corrected chi connectivity index (χ4v) is 8.61. The summed E-state index contributed by atoms with van der Waals surface area (Å²) in [5.41, 5.74) is 11.2. The highest BCUT2D eigenvalue weighted by Gasteiger charge is 2.34. The van der Waals surface area contributed by atoms with Gasteiger partial charge in [-0.05, 0) is 111 Å². The van der Waals surface area contributed by atoms with Gasteiger partial charge in [-0.2, -0.15) is 5.10 Å². The van der Waals surface area contributed by atoms with E-state index in [9.17, 15) is 0 Å². The van der Waals surface area contributed by atoms with Gasteiger partial charge in [-0.15, -0.1) is 0 Å². The number of fused-ring (bicyclic) bond motifs is 3. The van der Waals surface area contributed by atoms with Crippen molar-refractivity contribution in [2.75, 3.05) is 0 Å². The van der Waals surface area contributed by atoms with Gasteiger partial charge in [0.05, 0.1) is 22.4 Å². The van der Waals surface area contributed by atoms with Gasteiger partial charge in [0.15, 0.2) is 0 Å². The molecule has 0 N–H and O–H groups in total. The van der Waals surface area contributed by atoms with Crippen molar-refractivity contribution in [3.63, 3.8) is 0 Å². The number of benzene rings is 3. The number of unbranched alkanes of at least 4 members (excludes halogenated alkanes) is 1. The molecule has 5 heteroatoms. The van der Waals surface area contributed by atoms with E-state index in [-0.39, 0.29) is 0 Å². The molecule has 0 fully saturated rings. The molecule has 3 heterocycles. The van der Waals surface area contributed by atoms with Crippen LogP contribution in [0.1, 0.15) is 114 Å². The summed E-state index contributed by atoms with van der Waals surface area (Å²) >= 11 is 0. The minimum atomic E-state index is 0.332. The Balaban J connectivity index is 1.30. The first-order valence-electron chi connectivity index (χ1n) is 19.3. The lowest BCUT2D eigenvalue weighted by atomic mass is 9.69. The summed E-state index contributed by atoms with van der Waals surface area (Å²) in [5, 5.41) is 7.62. The predicted octanol–water partition coefficient (Wildman–Crippen LogP) is 12.7. The van der Waals surface area contributed by atoms with E-state index in [0.717, 1.165) is 52.6 Å². The van der Waals surface area contributed by atoms with Crippen LogP contribution in [0.25, 0.3) is 33.3 Å². The first kappa shape index (κ1) is 34.8. The molecule has 1 aliphatic carbocycles. The normalized spacial score (nSPS) is 17.8. The molecule has 5 nitrogen and oxygen atoms in total. The Labute approximate surface area is 304 Å². The third-order valence-electron chi connectivity index (χ3n) is 11.2. The molecule has 0 saturated heterocycles. The van der Waals surface area contributed by atoms with Crippen LogP contribution >= 0.6 is 0 Å². The summed E-state index contributed by atoms with van der Waals surface area (Å²) in [6.45, 7) is 18.2. The third-order valence-corrected chi connectivity index (χ3v) is 11.2. The largest absolute Gasteiger partial charge is 0.457 e. The van der Waals surface area contributed by atoms with E-state index in [1.807, 2.05) is 6.20 Å². The Morgan fingerprint density at radius 3 is 2.45 bits per heavy atom. The van der Waals surface area contributed by atoms with Crippen LogP contribution in [0.2, 0.25) is 0 Å². The van der Waals surface area contributed by atoms with Gasteiger partial charge in [-0.1, -0.05) is 84.2 Å². The molecule has 0 bridgehead atoms. The lowest BCUT2D eigenvalue weighted by Gasteiger charge is -2.35. The van der Waals surface area contributed by atoms with E-state index in [1.54, 1.807) is 5.57 Å². The fourth-order valence-electron chi connectivity index (χ4n) is 8.61. The molecule has 1 aliphatic rings. The van der Waals surface area contributed by atoms with Gasteiger partial charge in [0.25, 0.3) is 0 Å². The molecule has 3 atom stereocenters. The highest BCUT2D eigenvalue weighted by atomic mass is 16.5. The summed E-state index contributed by atoms with van der Waals surface area (Å²) in [6.07, 6.45) is 11.4. The fraction of sp³-hybridized carbons (Fsp3) is 0.391. The molecule has 0 saturated carbocycles. The number of para-hydroxylation sites is 1. The molecule has 3 aromatic carbocycles.